The van der Waals surface area contributed by atoms with E-state index < -0.39 is 33.6 Å². The van der Waals surface area contributed by atoms with Crippen LogP contribution >= 0.6 is 0 Å². The molecule has 0 bridgehead atoms. The molecule has 0 radical (unpaired) electrons. The Bertz CT molecular complexity index is 640. The molecule has 0 aliphatic rings. The molecule has 0 unspecified atom stereocenters. The van der Waals surface area contributed by atoms with Crippen LogP contribution in [0.5, 0.6) is 0 Å². The Kier molecular flexibility index (Phi) is 5.00. The molecule has 0 fully saturated rings. The van der Waals surface area contributed by atoms with Gasteiger partial charge in [-0.3, -0.25) is 0 Å². The highest BCUT2D eigenvalue weighted by Gasteiger charge is 2.35. The van der Waals surface area contributed by atoms with Crippen molar-refractivity contribution < 1.29 is 31.5 Å². The number of sulfonamides is 1. The number of aryl methyl sites for hydroxylation is 1. The molecular weight excluding hydrogens is 311 g/mol. The zero-order valence-electron chi connectivity index (χ0n) is 11.3. The van der Waals surface area contributed by atoms with Crippen LogP contribution in [0.4, 0.5) is 13.2 Å². The Balaban J connectivity index is 3.35. The van der Waals surface area contributed by atoms with Crippen LogP contribution in [-0.4, -0.2) is 43.6 Å². The van der Waals surface area contributed by atoms with Crippen molar-refractivity contribution in [1.29, 1.82) is 0 Å². The number of benzene rings is 1. The van der Waals surface area contributed by atoms with Gasteiger partial charge < -0.3 is 5.11 Å². The number of hydrogen-bond acceptors (Lipinski definition) is 3. The summed E-state index contributed by atoms with van der Waals surface area (Å²) in [4.78, 5) is 10.5. The minimum Gasteiger partial charge on any atom is -0.478 e. The van der Waals surface area contributed by atoms with Gasteiger partial charge in [0.1, 0.15) is 6.54 Å². The van der Waals surface area contributed by atoms with Crippen molar-refractivity contribution in [1.82, 2.24) is 4.31 Å². The first-order chi connectivity index (χ1) is 9.49. The van der Waals surface area contributed by atoms with E-state index in [9.17, 15) is 26.4 Å². The molecule has 0 spiro atoms. The summed E-state index contributed by atoms with van der Waals surface area (Å²) in [6.07, 6.45) is -4.44. The zero-order valence-corrected chi connectivity index (χ0v) is 12.1. The van der Waals surface area contributed by atoms with Crippen LogP contribution in [0.2, 0.25) is 0 Å². The molecular formula is C12H14F3NO4S. The van der Waals surface area contributed by atoms with E-state index in [1.807, 2.05) is 0 Å². The van der Waals surface area contributed by atoms with Gasteiger partial charge in [0.2, 0.25) is 10.0 Å². The highest BCUT2D eigenvalue weighted by molar-refractivity contribution is 7.89. The van der Waals surface area contributed by atoms with E-state index in [0.717, 1.165) is 13.1 Å². The Hall–Kier alpha value is -1.61. The Labute approximate surface area is 120 Å². The van der Waals surface area contributed by atoms with Crippen molar-refractivity contribution in [2.24, 2.45) is 0 Å². The summed E-state index contributed by atoms with van der Waals surface area (Å²) in [5.74, 6) is -1.35. The molecule has 1 aromatic rings. The van der Waals surface area contributed by atoms with Gasteiger partial charge in [-0.1, -0.05) is 13.0 Å². The Morgan fingerprint density at radius 2 is 1.90 bits per heavy atom. The van der Waals surface area contributed by atoms with Crippen molar-refractivity contribution in [3.05, 3.63) is 29.3 Å². The SMILES string of the molecule is CCc1ccc(C(=O)O)cc1S(=O)(=O)N(C)CC(F)(F)F. The maximum atomic E-state index is 12.3. The van der Waals surface area contributed by atoms with E-state index in [4.69, 9.17) is 5.11 Å². The van der Waals surface area contributed by atoms with Crippen molar-refractivity contribution >= 4 is 16.0 Å². The van der Waals surface area contributed by atoms with Gasteiger partial charge in [-0.15, -0.1) is 0 Å². The number of hydrogen-bond donors (Lipinski definition) is 1. The minimum atomic E-state index is -4.68. The molecule has 0 aliphatic heterocycles. The number of nitrogens with zero attached hydrogens (tertiary/aromatic N) is 1. The topological polar surface area (TPSA) is 74.7 Å². The summed E-state index contributed by atoms with van der Waals surface area (Å²) in [5.41, 5.74) is -0.0415. The summed E-state index contributed by atoms with van der Waals surface area (Å²) in [6.45, 7) is -0.0195. The predicted octanol–water partition coefficient (Wildman–Crippen LogP) is 2.13. The standard InChI is InChI=1S/C12H14F3NO4S/c1-3-8-4-5-9(11(17)18)6-10(8)21(19,20)16(2)7-12(13,14)15/h4-6H,3,7H2,1-2H3,(H,17,18). The highest BCUT2D eigenvalue weighted by Crippen LogP contribution is 2.25. The average molecular weight is 325 g/mol. The monoisotopic (exact) mass is 325 g/mol. The van der Waals surface area contributed by atoms with Crippen LogP contribution in [-0.2, 0) is 16.4 Å². The lowest BCUT2D eigenvalue weighted by Crippen LogP contribution is -2.36. The van der Waals surface area contributed by atoms with Gasteiger partial charge in [0.25, 0.3) is 0 Å². The molecule has 1 rings (SSSR count). The number of carbonyl (C=O) groups is 1. The van der Waals surface area contributed by atoms with Gasteiger partial charge in [0, 0.05) is 7.05 Å². The average Bonchev–Trinajstić information content (AvgIpc) is 2.35. The molecule has 1 aromatic carbocycles. The van der Waals surface area contributed by atoms with Gasteiger partial charge in [0.05, 0.1) is 10.5 Å². The van der Waals surface area contributed by atoms with Crippen LogP contribution in [0.1, 0.15) is 22.8 Å². The number of halogens is 3. The molecule has 0 amide bonds. The third-order valence-corrected chi connectivity index (χ3v) is 4.67. The van der Waals surface area contributed by atoms with Crippen LogP contribution in [0.15, 0.2) is 23.1 Å². The molecule has 5 nitrogen and oxygen atoms in total. The van der Waals surface area contributed by atoms with E-state index >= 15 is 0 Å². The maximum Gasteiger partial charge on any atom is 0.402 e. The lowest BCUT2D eigenvalue weighted by molar-refractivity contribution is -0.134. The first-order valence-corrected chi connectivity index (χ1v) is 7.32. The summed E-state index contributed by atoms with van der Waals surface area (Å²) in [7, 11) is -3.62. The molecule has 0 heterocycles. The number of carboxylic acid groups (broad SMARTS) is 1. The van der Waals surface area contributed by atoms with Gasteiger partial charge in [-0.05, 0) is 24.1 Å². The molecule has 0 saturated carbocycles. The molecule has 0 atom stereocenters. The van der Waals surface area contributed by atoms with E-state index in [2.05, 4.69) is 0 Å². The molecule has 1 N–H and O–H groups in total. The van der Waals surface area contributed by atoms with E-state index in [1.54, 1.807) is 6.92 Å². The van der Waals surface area contributed by atoms with Gasteiger partial charge >= 0.3 is 12.1 Å². The number of carboxylic acids is 1. The van der Waals surface area contributed by atoms with Crippen LogP contribution in [0.25, 0.3) is 0 Å². The van der Waals surface area contributed by atoms with E-state index in [1.165, 1.54) is 12.1 Å². The van der Waals surface area contributed by atoms with Crippen molar-refractivity contribution in [2.75, 3.05) is 13.6 Å². The third-order valence-electron chi connectivity index (χ3n) is 2.79. The second kappa shape index (κ2) is 6.02. The fraction of sp³-hybridized carbons (Fsp3) is 0.417. The molecule has 0 saturated heterocycles. The van der Waals surface area contributed by atoms with Crippen LogP contribution < -0.4 is 0 Å². The quantitative estimate of drug-likeness (QED) is 0.900. The largest absolute Gasteiger partial charge is 0.478 e. The maximum absolute atomic E-state index is 12.3. The highest BCUT2D eigenvalue weighted by atomic mass is 32.2. The van der Waals surface area contributed by atoms with Gasteiger partial charge in [-0.2, -0.15) is 17.5 Å². The van der Waals surface area contributed by atoms with Crippen molar-refractivity contribution in [3.63, 3.8) is 0 Å². The Morgan fingerprint density at radius 1 is 1.33 bits per heavy atom. The minimum absolute atomic E-state index is 0.160. The molecule has 21 heavy (non-hydrogen) atoms. The van der Waals surface area contributed by atoms with Gasteiger partial charge in [0.15, 0.2) is 0 Å². The third kappa shape index (κ3) is 4.18. The zero-order chi connectivity index (χ0) is 16.4. The van der Waals surface area contributed by atoms with Gasteiger partial charge in [-0.25, -0.2) is 13.2 Å². The molecule has 0 aliphatic carbocycles. The summed E-state index contributed by atoms with van der Waals surface area (Å²) >= 11 is 0. The first-order valence-electron chi connectivity index (χ1n) is 5.88. The number of rotatable bonds is 5. The lowest BCUT2D eigenvalue weighted by atomic mass is 10.1. The molecule has 118 valence electrons. The fourth-order valence-electron chi connectivity index (χ4n) is 1.73. The summed E-state index contributed by atoms with van der Waals surface area (Å²) in [6, 6.07) is 3.38. The molecule has 0 aromatic heterocycles. The predicted molar refractivity (Wildman–Crippen MR) is 68.7 cm³/mol. The second-order valence-electron chi connectivity index (χ2n) is 4.36. The number of aromatic carboxylic acids is 1. The summed E-state index contributed by atoms with van der Waals surface area (Å²) < 4.78 is 61.6. The molecule has 9 heteroatoms. The lowest BCUT2D eigenvalue weighted by Gasteiger charge is -2.20. The number of alkyl halides is 3. The van der Waals surface area contributed by atoms with Crippen molar-refractivity contribution in [3.8, 4) is 0 Å². The first kappa shape index (κ1) is 17.4. The normalized spacial score (nSPS) is 12.7. The van der Waals surface area contributed by atoms with Crippen LogP contribution in [0.3, 0.4) is 0 Å². The second-order valence-corrected chi connectivity index (χ2v) is 6.37. The Morgan fingerprint density at radius 3 is 2.33 bits per heavy atom. The van der Waals surface area contributed by atoms with E-state index in [-0.39, 0.29) is 21.9 Å². The van der Waals surface area contributed by atoms with E-state index in [0.29, 0.717) is 0 Å². The fourth-order valence-corrected chi connectivity index (χ4v) is 3.20. The van der Waals surface area contributed by atoms with Crippen molar-refractivity contribution in [2.45, 2.75) is 24.4 Å². The van der Waals surface area contributed by atoms with Crippen LogP contribution in [0, 0.1) is 0 Å². The smallest absolute Gasteiger partial charge is 0.402 e. The summed E-state index contributed by atoms with van der Waals surface area (Å²) in [5, 5.41) is 8.88.